The van der Waals surface area contributed by atoms with Crippen molar-refractivity contribution < 1.29 is 0 Å². The lowest BCUT2D eigenvalue weighted by Crippen LogP contribution is -2.37. The fourth-order valence-corrected chi connectivity index (χ4v) is 3.56. The van der Waals surface area contributed by atoms with E-state index in [1.807, 2.05) is 19.9 Å². The van der Waals surface area contributed by atoms with E-state index < -0.39 is 0 Å². The highest BCUT2D eigenvalue weighted by Crippen LogP contribution is 2.27. The Morgan fingerprint density at radius 2 is 1.96 bits per heavy atom. The first-order valence-electron chi connectivity index (χ1n) is 8.96. The van der Waals surface area contributed by atoms with E-state index in [0.29, 0.717) is 5.92 Å². The second-order valence-corrected chi connectivity index (χ2v) is 6.93. The molecule has 7 heteroatoms. The van der Waals surface area contributed by atoms with Crippen LogP contribution in [0, 0.1) is 19.8 Å². The molecule has 7 nitrogen and oxygen atoms in total. The third-order valence-corrected chi connectivity index (χ3v) is 5.30. The van der Waals surface area contributed by atoms with Crippen molar-refractivity contribution in [1.82, 2.24) is 24.5 Å². The molecular weight excluding hydrogens is 328 g/mol. The number of pyridine rings is 1. The largest absolute Gasteiger partial charge is 0.356 e. The highest BCUT2D eigenvalue weighted by Gasteiger charge is 2.22. The number of piperidine rings is 1. The van der Waals surface area contributed by atoms with Gasteiger partial charge in [0.25, 0.3) is 5.56 Å². The van der Waals surface area contributed by atoms with Gasteiger partial charge in [-0.3, -0.25) is 14.3 Å². The molecule has 0 aliphatic carbocycles. The zero-order chi connectivity index (χ0) is 18.1. The molecule has 1 saturated heterocycles. The Hall–Kier alpha value is -2.83. The molecule has 1 aliphatic rings. The van der Waals surface area contributed by atoms with Crippen molar-refractivity contribution >= 4 is 16.7 Å². The van der Waals surface area contributed by atoms with Gasteiger partial charge in [-0.2, -0.15) is 0 Å². The van der Waals surface area contributed by atoms with E-state index in [1.54, 1.807) is 29.6 Å². The molecule has 0 unspecified atom stereocenters. The fourth-order valence-electron chi connectivity index (χ4n) is 3.56. The van der Waals surface area contributed by atoms with Crippen LogP contribution < -0.4 is 10.5 Å². The Kier molecular flexibility index (Phi) is 4.36. The predicted octanol–water partition coefficient (Wildman–Crippen LogP) is 2.11. The van der Waals surface area contributed by atoms with Crippen LogP contribution in [0.15, 0.2) is 35.9 Å². The third-order valence-electron chi connectivity index (χ3n) is 5.30. The molecule has 1 aliphatic heterocycles. The average Bonchev–Trinajstić information content (AvgIpc) is 2.69. The molecule has 4 rings (SSSR count). The number of aryl methyl sites for hydroxylation is 1. The maximum atomic E-state index is 12.4. The maximum absolute atomic E-state index is 12.4. The summed E-state index contributed by atoms with van der Waals surface area (Å²) in [4.78, 5) is 31.9. The van der Waals surface area contributed by atoms with Crippen molar-refractivity contribution in [3.8, 4) is 0 Å². The van der Waals surface area contributed by atoms with Gasteiger partial charge in [0, 0.05) is 42.5 Å². The molecule has 0 atom stereocenters. The van der Waals surface area contributed by atoms with E-state index in [0.717, 1.165) is 60.5 Å². The molecule has 4 heterocycles. The van der Waals surface area contributed by atoms with Crippen molar-refractivity contribution in [2.75, 3.05) is 18.0 Å². The summed E-state index contributed by atoms with van der Waals surface area (Å²) in [6.07, 6.45) is 8.88. The molecule has 26 heavy (non-hydrogen) atoms. The van der Waals surface area contributed by atoms with Crippen LogP contribution in [0.25, 0.3) is 10.9 Å². The summed E-state index contributed by atoms with van der Waals surface area (Å²) in [7, 11) is 0. The number of anilines is 1. The van der Waals surface area contributed by atoms with Crippen LogP contribution in [0.1, 0.15) is 24.1 Å². The van der Waals surface area contributed by atoms with Gasteiger partial charge in [0.05, 0.1) is 18.0 Å². The number of fused-ring (bicyclic) bond motifs is 1. The van der Waals surface area contributed by atoms with Gasteiger partial charge in [0.1, 0.15) is 12.1 Å². The first-order chi connectivity index (χ1) is 12.6. The summed E-state index contributed by atoms with van der Waals surface area (Å²) < 4.78 is 1.76. The maximum Gasteiger partial charge on any atom is 0.256 e. The molecule has 0 aromatic carbocycles. The van der Waals surface area contributed by atoms with Crippen molar-refractivity contribution in [2.24, 2.45) is 5.92 Å². The number of hydrogen-bond acceptors (Lipinski definition) is 6. The van der Waals surface area contributed by atoms with Gasteiger partial charge < -0.3 is 4.90 Å². The Morgan fingerprint density at radius 3 is 2.77 bits per heavy atom. The minimum absolute atomic E-state index is 0.0780. The van der Waals surface area contributed by atoms with E-state index in [1.165, 1.54) is 0 Å². The van der Waals surface area contributed by atoms with Gasteiger partial charge in [-0.1, -0.05) is 0 Å². The van der Waals surface area contributed by atoms with E-state index in [4.69, 9.17) is 0 Å². The summed E-state index contributed by atoms with van der Waals surface area (Å²) in [5.41, 5.74) is 2.50. The van der Waals surface area contributed by atoms with Gasteiger partial charge in [0.15, 0.2) is 0 Å². The minimum Gasteiger partial charge on any atom is -0.356 e. The first-order valence-corrected chi connectivity index (χ1v) is 8.96. The highest BCUT2D eigenvalue weighted by atomic mass is 16.1. The number of hydrogen-bond donors (Lipinski definition) is 0. The van der Waals surface area contributed by atoms with Crippen LogP contribution >= 0.6 is 0 Å². The third kappa shape index (κ3) is 3.05. The zero-order valence-corrected chi connectivity index (χ0v) is 15.1. The smallest absolute Gasteiger partial charge is 0.256 e. The van der Waals surface area contributed by atoms with Crippen LogP contribution in [0.2, 0.25) is 0 Å². The molecule has 3 aromatic heterocycles. The Morgan fingerprint density at radius 1 is 1.15 bits per heavy atom. The first kappa shape index (κ1) is 16.6. The van der Waals surface area contributed by atoms with Crippen molar-refractivity contribution in [3.63, 3.8) is 0 Å². The highest BCUT2D eigenvalue weighted by molar-refractivity contribution is 5.88. The summed E-state index contributed by atoms with van der Waals surface area (Å²) >= 11 is 0. The summed E-state index contributed by atoms with van der Waals surface area (Å²) in [5, 5.41) is 1.04. The molecule has 0 radical (unpaired) electrons. The normalized spacial score (nSPS) is 15.5. The van der Waals surface area contributed by atoms with Crippen LogP contribution in [0.5, 0.6) is 0 Å². The Labute approximate surface area is 151 Å². The van der Waals surface area contributed by atoms with Gasteiger partial charge >= 0.3 is 0 Å². The minimum atomic E-state index is 0.0780. The molecular formula is C19H22N6O. The van der Waals surface area contributed by atoms with Crippen LogP contribution in [0.3, 0.4) is 0 Å². The zero-order valence-electron chi connectivity index (χ0n) is 15.1. The summed E-state index contributed by atoms with van der Waals surface area (Å²) in [6.45, 7) is 6.30. The van der Waals surface area contributed by atoms with E-state index >= 15 is 0 Å². The molecule has 0 N–H and O–H groups in total. The molecule has 3 aromatic rings. The average molecular weight is 350 g/mol. The van der Waals surface area contributed by atoms with Crippen molar-refractivity contribution in [2.45, 2.75) is 33.2 Å². The van der Waals surface area contributed by atoms with Crippen LogP contribution in [0.4, 0.5) is 5.82 Å². The van der Waals surface area contributed by atoms with Crippen molar-refractivity contribution in [3.05, 3.63) is 52.7 Å². The molecule has 134 valence electrons. The molecule has 0 bridgehead atoms. The van der Waals surface area contributed by atoms with E-state index in [9.17, 15) is 4.79 Å². The van der Waals surface area contributed by atoms with Crippen molar-refractivity contribution in [1.29, 1.82) is 0 Å². The van der Waals surface area contributed by atoms with E-state index in [2.05, 4.69) is 24.8 Å². The standard InChI is InChI=1S/C19H22N6O/c1-13-14(2)23-12-25(19(13)26)10-15-4-7-24(8-5-15)18-16-3-6-20-9-17(16)21-11-22-18/h3,6,9,11-12,15H,4-5,7-8,10H2,1-2H3. The number of nitrogens with zero attached hydrogens (tertiary/aromatic N) is 6. The second kappa shape index (κ2) is 6.82. The number of rotatable bonds is 3. The monoisotopic (exact) mass is 350 g/mol. The van der Waals surface area contributed by atoms with Gasteiger partial charge in [-0.05, 0) is 38.7 Å². The van der Waals surface area contributed by atoms with Crippen LogP contribution in [-0.4, -0.2) is 37.6 Å². The van der Waals surface area contributed by atoms with Crippen LogP contribution in [-0.2, 0) is 6.54 Å². The molecule has 0 amide bonds. The summed E-state index contributed by atoms with van der Waals surface area (Å²) in [5.74, 6) is 1.45. The Balaban J connectivity index is 1.48. The molecule has 0 saturated carbocycles. The summed E-state index contributed by atoms with van der Waals surface area (Å²) in [6, 6.07) is 1.97. The van der Waals surface area contributed by atoms with Gasteiger partial charge in [0.2, 0.25) is 0 Å². The SMILES string of the molecule is Cc1ncn(CC2CCN(c3ncnc4cnccc34)CC2)c(=O)c1C. The fraction of sp³-hybridized carbons (Fsp3) is 0.421. The quantitative estimate of drug-likeness (QED) is 0.720. The van der Waals surface area contributed by atoms with E-state index in [-0.39, 0.29) is 5.56 Å². The lowest BCUT2D eigenvalue weighted by atomic mass is 9.96. The topological polar surface area (TPSA) is 76.8 Å². The lowest BCUT2D eigenvalue weighted by Gasteiger charge is -2.33. The lowest BCUT2D eigenvalue weighted by molar-refractivity contribution is 0.350. The van der Waals surface area contributed by atoms with Gasteiger partial charge in [-0.15, -0.1) is 0 Å². The Bertz CT molecular complexity index is 985. The molecule has 1 fully saturated rings. The van der Waals surface area contributed by atoms with Gasteiger partial charge in [-0.25, -0.2) is 15.0 Å². The number of aromatic nitrogens is 5. The molecule has 0 spiro atoms. The predicted molar refractivity (Wildman–Crippen MR) is 100 cm³/mol. The second-order valence-electron chi connectivity index (χ2n) is 6.93.